The average molecular weight is 301 g/mol. The Morgan fingerprint density at radius 3 is 3.00 bits per heavy atom. The van der Waals surface area contributed by atoms with Crippen molar-refractivity contribution in [2.24, 2.45) is 7.05 Å². The molecule has 2 aliphatic rings. The molecular formula is C15H19N5O2. The maximum absolute atomic E-state index is 11.8. The van der Waals surface area contributed by atoms with Gasteiger partial charge >= 0.3 is 0 Å². The number of fused-ring (bicyclic) bond motifs is 1. The molecule has 0 amide bonds. The van der Waals surface area contributed by atoms with Gasteiger partial charge < -0.3 is 4.52 Å². The van der Waals surface area contributed by atoms with Crippen LogP contribution in [0.4, 0.5) is 0 Å². The molecule has 2 aromatic rings. The lowest BCUT2D eigenvalue weighted by atomic mass is 10.0. The maximum atomic E-state index is 11.8. The summed E-state index contributed by atoms with van der Waals surface area (Å²) in [6.45, 7) is 3.64. The van der Waals surface area contributed by atoms with Gasteiger partial charge in [0.25, 0.3) is 5.56 Å². The third kappa shape index (κ3) is 2.35. The van der Waals surface area contributed by atoms with Gasteiger partial charge in [-0.3, -0.25) is 9.69 Å². The molecule has 2 aromatic heterocycles. The van der Waals surface area contributed by atoms with Gasteiger partial charge in [-0.1, -0.05) is 5.16 Å². The van der Waals surface area contributed by atoms with Crippen molar-refractivity contribution in [1.82, 2.24) is 24.8 Å². The van der Waals surface area contributed by atoms with E-state index in [1.807, 2.05) is 0 Å². The quantitative estimate of drug-likeness (QED) is 0.846. The molecule has 1 aliphatic heterocycles. The van der Waals surface area contributed by atoms with Crippen molar-refractivity contribution in [1.29, 1.82) is 0 Å². The average Bonchev–Trinajstić information content (AvgIpc) is 3.25. The van der Waals surface area contributed by atoms with Gasteiger partial charge in [0, 0.05) is 38.5 Å². The monoisotopic (exact) mass is 301 g/mol. The second kappa shape index (κ2) is 5.01. The Morgan fingerprint density at radius 1 is 1.41 bits per heavy atom. The summed E-state index contributed by atoms with van der Waals surface area (Å²) in [7, 11) is 1.69. The minimum absolute atomic E-state index is 0.0530. The van der Waals surface area contributed by atoms with E-state index in [4.69, 9.17) is 4.52 Å². The minimum atomic E-state index is -0.0675. The van der Waals surface area contributed by atoms with E-state index in [1.165, 1.54) is 17.5 Å². The third-order valence-electron chi connectivity index (χ3n) is 4.57. The van der Waals surface area contributed by atoms with Crippen LogP contribution in [0.3, 0.4) is 0 Å². The predicted octanol–water partition coefficient (Wildman–Crippen LogP) is 1.16. The summed E-state index contributed by atoms with van der Waals surface area (Å²) in [4.78, 5) is 18.6. The van der Waals surface area contributed by atoms with Gasteiger partial charge in [0.1, 0.15) is 0 Å². The largest absolute Gasteiger partial charge is 0.338 e. The molecule has 22 heavy (non-hydrogen) atoms. The first-order valence-corrected chi connectivity index (χ1v) is 7.75. The summed E-state index contributed by atoms with van der Waals surface area (Å²) in [5.41, 5.74) is 1.94. The zero-order chi connectivity index (χ0) is 15.3. The molecule has 0 spiro atoms. The summed E-state index contributed by atoms with van der Waals surface area (Å²) in [6, 6.07) is 1.74. The van der Waals surface area contributed by atoms with Gasteiger partial charge in [0.05, 0.1) is 11.7 Å². The van der Waals surface area contributed by atoms with E-state index in [0.717, 1.165) is 30.0 Å². The Kier molecular flexibility index (Phi) is 3.11. The van der Waals surface area contributed by atoms with Crippen molar-refractivity contribution in [3.05, 3.63) is 39.4 Å². The molecule has 0 radical (unpaired) electrons. The summed E-state index contributed by atoms with van der Waals surface area (Å²) in [6.07, 6.45) is 3.16. The first kappa shape index (κ1) is 13.6. The molecule has 1 saturated carbocycles. The standard InChI is InChI=1S/C15H19N5O2/c1-9(15-16-14(18-22-15)10-3-4-10)20-6-5-12-11(8-20)7-13(21)19(2)17-12/h7,9-10H,3-6,8H2,1-2H3. The van der Waals surface area contributed by atoms with Gasteiger partial charge in [-0.15, -0.1) is 0 Å². The SMILES string of the molecule is CC(c1nc(C2CC2)no1)N1CCc2nn(C)c(=O)cc2C1. The van der Waals surface area contributed by atoms with Crippen LogP contribution in [0.5, 0.6) is 0 Å². The number of nitrogens with zero attached hydrogens (tertiary/aromatic N) is 5. The van der Waals surface area contributed by atoms with Crippen molar-refractivity contribution >= 4 is 0 Å². The fraction of sp³-hybridized carbons (Fsp3) is 0.600. The molecule has 0 N–H and O–H groups in total. The number of aromatic nitrogens is 4. The van der Waals surface area contributed by atoms with Crippen molar-refractivity contribution < 1.29 is 4.52 Å². The van der Waals surface area contributed by atoms with Crippen LogP contribution >= 0.6 is 0 Å². The molecule has 0 bridgehead atoms. The Labute approximate surface area is 127 Å². The van der Waals surface area contributed by atoms with E-state index in [-0.39, 0.29) is 11.6 Å². The van der Waals surface area contributed by atoms with Gasteiger partial charge in [-0.2, -0.15) is 10.1 Å². The molecule has 7 heteroatoms. The summed E-state index contributed by atoms with van der Waals surface area (Å²) < 4.78 is 6.83. The van der Waals surface area contributed by atoms with Crippen molar-refractivity contribution in [3.8, 4) is 0 Å². The highest BCUT2D eigenvalue weighted by molar-refractivity contribution is 5.21. The molecule has 3 heterocycles. The van der Waals surface area contributed by atoms with Gasteiger partial charge in [-0.25, -0.2) is 4.68 Å². The molecular weight excluding hydrogens is 282 g/mol. The van der Waals surface area contributed by atoms with E-state index in [2.05, 4.69) is 27.1 Å². The minimum Gasteiger partial charge on any atom is -0.338 e. The van der Waals surface area contributed by atoms with E-state index in [1.54, 1.807) is 13.1 Å². The smallest absolute Gasteiger partial charge is 0.266 e. The summed E-state index contributed by atoms with van der Waals surface area (Å²) in [5, 5.41) is 8.43. The molecule has 4 rings (SSSR count). The predicted molar refractivity (Wildman–Crippen MR) is 78.3 cm³/mol. The number of hydrogen-bond donors (Lipinski definition) is 0. The molecule has 7 nitrogen and oxygen atoms in total. The fourth-order valence-electron chi connectivity index (χ4n) is 2.93. The molecule has 1 unspecified atom stereocenters. The Hall–Kier alpha value is -2.02. The van der Waals surface area contributed by atoms with E-state index < -0.39 is 0 Å². The highest BCUT2D eigenvalue weighted by atomic mass is 16.5. The number of rotatable bonds is 3. The first-order valence-electron chi connectivity index (χ1n) is 7.75. The van der Waals surface area contributed by atoms with Crippen LogP contribution in [0.15, 0.2) is 15.4 Å². The number of aryl methyl sites for hydroxylation is 1. The molecule has 1 aliphatic carbocycles. The molecule has 116 valence electrons. The van der Waals surface area contributed by atoms with Gasteiger partial charge in [0.15, 0.2) is 5.82 Å². The Morgan fingerprint density at radius 2 is 2.23 bits per heavy atom. The topological polar surface area (TPSA) is 77.1 Å². The Bertz CT molecular complexity index is 762. The van der Waals surface area contributed by atoms with E-state index in [9.17, 15) is 4.79 Å². The van der Waals surface area contributed by atoms with Crippen LogP contribution in [0.25, 0.3) is 0 Å². The second-order valence-electron chi connectivity index (χ2n) is 6.24. The van der Waals surface area contributed by atoms with Crippen LogP contribution in [-0.2, 0) is 20.0 Å². The Balaban J connectivity index is 1.55. The normalized spacial score (nSPS) is 19.9. The highest BCUT2D eigenvalue weighted by Crippen LogP contribution is 2.38. The third-order valence-corrected chi connectivity index (χ3v) is 4.57. The lowest BCUT2D eigenvalue weighted by Gasteiger charge is -2.31. The van der Waals surface area contributed by atoms with Crippen molar-refractivity contribution in [2.45, 2.75) is 44.7 Å². The zero-order valence-corrected chi connectivity index (χ0v) is 12.8. The lowest BCUT2D eigenvalue weighted by Crippen LogP contribution is -2.36. The van der Waals surface area contributed by atoms with Gasteiger partial charge in [0.2, 0.25) is 5.89 Å². The maximum Gasteiger partial charge on any atom is 0.266 e. The summed E-state index contributed by atoms with van der Waals surface area (Å²) >= 11 is 0. The fourth-order valence-corrected chi connectivity index (χ4v) is 2.93. The van der Waals surface area contributed by atoms with E-state index >= 15 is 0 Å². The lowest BCUT2D eigenvalue weighted by molar-refractivity contribution is 0.156. The van der Waals surface area contributed by atoms with Crippen LogP contribution < -0.4 is 5.56 Å². The van der Waals surface area contributed by atoms with Crippen LogP contribution in [-0.4, -0.2) is 31.4 Å². The first-order chi connectivity index (χ1) is 10.6. The van der Waals surface area contributed by atoms with Crippen molar-refractivity contribution in [3.63, 3.8) is 0 Å². The zero-order valence-electron chi connectivity index (χ0n) is 12.8. The van der Waals surface area contributed by atoms with Gasteiger partial charge in [-0.05, 0) is 25.3 Å². The molecule has 1 fully saturated rings. The molecule has 0 aromatic carbocycles. The number of hydrogen-bond acceptors (Lipinski definition) is 6. The van der Waals surface area contributed by atoms with Crippen LogP contribution in [0.2, 0.25) is 0 Å². The summed E-state index contributed by atoms with van der Waals surface area (Å²) in [5.74, 6) is 2.01. The van der Waals surface area contributed by atoms with Crippen LogP contribution in [0, 0.1) is 0 Å². The molecule has 1 atom stereocenters. The highest BCUT2D eigenvalue weighted by Gasteiger charge is 2.31. The van der Waals surface area contributed by atoms with E-state index in [0.29, 0.717) is 18.4 Å². The van der Waals surface area contributed by atoms with Crippen LogP contribution in [0.1, 0.15) is 54.7 Å². The second-order valence-corrected chi connectivity index (χ2v) is 6.24. The van der Waals surface area contributed by atoms with Crippen molar-refractivity contribution in [2.75, 3.05) is 6.54 Å². The molecule has 0 saturated heterocycles.